The molecule has 2 aromatic rings. The number of carbonyl (C=O) groups is 2. The number of sulfone groups is 1. The van der Waals surface area contributed by atoms with Crippen molar-refractivity contribution in [1.82, 2.24) is 14.9 Å². The minimum absolute atomic E-state index is 0.109. The number of halogens is 1. The lowest BCUT2D eigenvalue weighted by atomic mass is 9.71. The van der Waals surface area contributed by atoms with E-state index in [1.807, 2.05) is 37.3 Å². The predicted octanol–water partition coefficient (Wildman–Crippen LogP) is 4.65. The van der Waals surface area contributed by atoms with Crippen LogP contribution in [0.25, 0.3) is 0 Å². The number of amides is 2. The summed E-state index contributed by atoms with van der Waals surface area (Å²) in [5.74, 6) is -0.00958. The first-order valence-electron chi connectivity index (χ1n) is 17.4. The number of primary amides is 1. The fourth-order valence-electron chi connectivity index (χ4n) is 8.63. The molecule has 262 valence electrons. The van der Waals surface area contributed by atoms with Crippen molar-refractivity contribution in [3.8, 4) is 0 Å². The van der Waals surface area contributed by atoms with Crippen LogP contribution >= 0.6 is 0 Å². The van der Waals surface area contributed by atoms with Gasteiger partial charge in [-0.3, -0.25) is 9.80 Å². The molecule has 2 aliphatic heterocycles. The number of benzene rings is 2. The fraction of sp³-hybridized carbons (Fsp3) is 0.611. The van der Waals surface area contributed by atoms with E-state index in [9.17, 15) is 22.4 Å². The Balaban J connectivity index is 1.14. The molecule has 2 aliphatic carbocycles. The first kappa shape index (κ1) is 34.6. The summed E-state index contributed by atoms with van der Waals surface area (Å²) in [7, 11) is 0.525. The summed E-state index contributed by atoms with van der Waals surface area (Å²) in [5.41, 5.74) is 7.42. The van der Waals surface area contributed by atoms with Gasteiger partial charge in [0, 0.05) is 64.1 Å². The van der Waals surface area contributed by atoms with E-state index in [1.54, 1.807) is 36.2 Å². The summed E-state index contributed by atoms with van der Waals surface area (Å²) in [5, 5.41) is 3.40. The van der Waals surface area contributed by atoms with Crippen LogP contribution in [0, 0.1) is 23.6 Å². The third-order valence-corrected chi connectivity index (χ3v) is 13.2. The Morgan fingerprint density at radius 1 is 1.00 bits per heavy atom. The van der Waals surface area contributed by atoms with E-state index in [0.29, 0.717) is 17.2 Å². The minimum atomic E-state index is -3.18. The molecule has 6 rings (SSSR count). The van der Waals surface area contributed by atoms with Gasteiger partial charge in [-0.05, 0) is 106 Å². The third kappa shape index (κ3) is 7.50. The van der Waals surface area contributed by atoms with Crippen molar-refractivity contribution in [2.75, 3.05) is 51.7 Å². The van der Waals surface area contributed by atoms with Crippen molar-refractivity contribution in [3.05, 3.63) is 59.9 Å². The van der Waals surface area contributed by atoms with Crippen molar-refractivity contribution in [1.29, 1.82) is 0 Å². The second-order valence-corrected chi connectivity index (χ2v) is 16.7. The van der Waals surface area contributed by atoms with Gasteiger partial charge >= 0.3 is 6.09 Å². The number of nitrogens with two attached hydrogens (primary N) is 1. The molecule has 0 radical (unpaired) electrons. The van der Waals surface area contributed by atoms with Gasteiger partial charge in [-0.15, -0.1) is 0 Å². The molecule has 10 nitrogen and oxygen atoms in total. The molecular formula is C36H50FN5O5S. The van der Waals surface area contributed by atoms with Gasteiger partial charge in [-0.1, -0.05) is 12.1 Å². The zero-order valence-electron chi connectivity index (χ0n) is 28.3. The number of rotatable bonds is 12. The predicted molar refractivity (Wildman–Crippen MR) is 182 cm³/mol. The second-order valence-electron chi connectivity index (χ2n) is 14.5. The normalized spacial score (nSPS) is 23.9. The number of hydrogen-bond acceptors (Lipinski definition) is 8. The Hall–Kier alpha value is -3.22. The highest BCUT2D eigenvalue weighted by Crippen LogP contribution is 2.46. The number of likely N-dealkylation sites (tertiary alicyclic amines) is 1. The van der Waals surface area contributed by atoms with Crippen LogP contribution in [0.1, 0.15) is 63.4 Å². The fourth-order valence-corrected chi connectivity index (χ4v) is 10.3. The Bertz CT molecular complexity index is 1550. The number of carbonyl (C=O) groups excluding carboxylic acids is 2. The molecule has 4 atom stereocenters. The highest BCUT2D eigenvalue weighted by molar-refractivity contribution is 7.92. The van der Waals surface area contributed by atoms with Crippen molar-refractivity contribution in [2.45, 2.75) is 80.1 Å². The van der Waals surface area contributed by atoms with Gasteiger partial charge in [0.25, 0.3) is 0 Å². The molecule has 4 fully saturated rings. The maximum absolute atomic E-state index is 14.8. The number of hydrazine groups is 1. The molecule has 2 heterocycles. The van der Waals surface area contributed by atoms with Gasteiger partial charge in [0.2, 0.25) is 5.91 Å². The molecule has 2 N–H and O–H groups in total. The topological polar surface area (TPSA) is 116 Å². The number of anilines is 1. The summed E-state index contributed by atoms with van der Waals surface area (Å²) in [4.78, 5) is 30.4. The Kier molecular flexibility index (Phi) is 10.3. The second kappa shape index (κ2) is 14.3. The van der Waals surface area contributed by atoms with E-state index in [0.717, 1.165) is 82.5 Å². The van der Waals surface area contributed by atoms with Crippen molar-refractivity contribution < 1.29 is 27.1 Å². The maximum Gasteiger partial charge on any atom is 0.404 e. The Labute approximate surface area is 284 Å². The lowest BCUT2D eigenvalue weighted by molar-refractivity contribution is -0.155. The number of ether oxygens (including phenoxy) is 1. The molecule has 0 bridgehead atoms. The van der Waals surface area contributed by atoms with E-state index < -0.39 is 22.0 Å². The molecule has 2 amide bonds. The molecular weight excluding hydrogens is 633 g/mol. The summed E-state index contributed by atoms with van der Waals surface area (Å²) >= 11 is 0. The van der Waals surface area contributed by atoms with Crippen LogP contribution in [0.2, 0.25) is 0 Å². The minimum Gasteiger partial charge on any atom is -0.446 e. The van der Waals surface area contributed by atoms with Crippen LogP contribution in [0.4, 0.5) is 14.9 Å². The van der Waals surface area contributed by atoms with Gasteiger partial charge in [0.05, 0.1) is 16.2 Å². The molecule has 0 spiro atoms. The van der Waals surface area contributed by atoms with Crippen LogP contribution in [0.5, 0.6) is 0 Å². The van der Waals surface area contributed by atoms with Gasteiger partial charge in [0.15, 0.2) is 9.84 Å². The van der Waals surface area contributed by atoms with E-state index in [-0.39, 0.29) is 40.8 Å². The monoisotopic (exact) mass is 683 g/mol. The van der Waals surface area contributed by atoms with Crippen LogP contribution in [0.3, 0.4) is 0 Å². The van der Waals surface area contributed by atoms with Gasteiger partial charge in [-0.25, -0.2) is 22.6 Å². The van der Waals surface area contributed by atoms with Crippen LogP contribution in [-0.4, -0.2) is 99.6 Å². The lowest BCUT2D eigenvalue weighted by Gasteiger charge is -2.49. The highest BCUT2D eigenvalue weighted by Gasteiger charge is 2.48. The first-order valence-corrected chi connectivity index (χ1v) is 19.0. The zero-order chi connectivity index (χ0) is 34.2. The van der Waals surface area contributed by atoms with Crippen LogP contribution in [-0.2, 0) is 19.4 Å². The molecule has 2 aromatic carbocycles. The average molecular weight is 684 g/mol. The van der Waals surface area contributed by atoms with Gasteiger partial charge in [-0.2, -0.15) is 0 Å². The number of nitrogens with zero attached hydrogens (tertiary/aromatic N) is 4. The molecule has 12 heteroatoms. The summed E-state index contributed by atoms with van der Waals surface area (Å²) < 4.78 is 45.6. The van der Waals surface area contributed by atoms with Crippen LogP contribution in [0.15, 0.2) is 53.4 Å². The maximum atomic E-state index is 14.8. The summed E-state index contributed by atoms with van der Waals surface area (Å²) in [6.07, 6.45) is 4.43. The van der Waals surface area contributed by atoms with Crippen LogP contribution < -0.4 is 10.6 Å². The molecule has 4 aliphatic rings. The Morgan fingerprint density at radius 2 is 1.69 bits per heavy atom. The van der Waals surface area contributed by atoms with E-state index in [4.69, 9.17) is 10.5 Å². The smallest absolute Gasteiger partial charge is 0.404 e. The zero-order valence-corrected chi connectivity index (χ0v) is 29.2. The van der Waals surface area contributed by atoms with Crippen molar-refractivity contribution >= 4 is 27.5 Å². The van der Waals surface area contributed by atoms with E-state index >= 15 is 0 Å². The number of piperidine rings is 1. The van der Waals surface area contributed by atoms with Gasteiger partial charge in [0.1, 0.15) is 11.9 Å². The number of hydrogen-bond donors (Lipinski definition) is 1. The molecule has 2 saturated heterocycles. The average Bonchev–Trinajstić information content (AvgIpc) is 3.79. The molecule has 2 saturated carbocycles. The van der Waals surface area contributed by atoms with Crippen molar-refractivity contribution in [3.63, 3.8) is 0 Å². The largest absolute Gasteiger partial charge is 0.446 e. The first-order chi connectivity index (χ1) is 22.9. The molecule has 1 unspecified atom stereocenters. The quantitative estimate of drug-likeness (QED) is 0.322. The molecule has 48 heavy (non-hydrogen) atoms. The van der Waals surface area contributed by atoms with E-state index in [1.165, 1.54) is 6.07 Å². The van der Waals surface area contributed by atoms with Crippen molar-refractivity contribution in [2.24, 2.45) is 23.5 Å². The molecule has 0 aromatic heterocycles. The highest BCUT2D eigenvalue weighted by atomic mass is 32.2. The van der Waals surface area contributed by atoms with E-state index in [2.05, 4.69) is 9.80 Å². The third-order valence-electron chi connectivity index (χ3n) is 11.0. The SMILES string of the molecule is CC(=O)N(C([C@H](c1cccc(F)c1)C1CCN(CC2CN(c3ccc(S(=O)(=O)C4CC4)cc3)C2)CC1)[C@H]1CCC[C@@H]1OC(N)=O)N(C)C. The lowest BCUT2D eigenvalue weighted by Crippen LogP contribution is -2.57. The summed E-state index contributed by atoms with van der Waals surface area (Å²) in [6, 6.07) is 13.8. The Morgan fingerprint density at radius 3 is 2.27 bits per heavy atom. The summed E-state index contributed by atoms with van der Waals surface area (Å²) in [6.45, 7) is 6.22. The standard InChI is InChI=1S/C36H50FN5O5S/c1-24(43)42(39(2)3)35(32-8-5-9-33(32)47-36(38)44)34(27-6-4-7-28(37)20-27)26-16-18-40(19-17-26)21-25-22-41(23-25)29-10-12-30(13-11-29)48(45,46)31-14-15-31/h4,6-7,10-13,20,25-26,31-35H,5,8-9,14-19,21-23H2,1-3H3,(H2,38,44)/t32-,33-,34-,35?/m0/s1. The van der Waals surface area contributed by atoms with Gasteiger partial charge < -0.3 is 20.3 Å².